The van der Waals surface area contributed by atoms with Gasteiger partial charge in [-0.2, -0.15) is 0 Å². The standard InChI is InChI=1S/C9H19N3O3/c10-5-3-1-2-4-7(12)9(14)15-8(13)6-11/h7H,1-6,10-12H2. The van der Waals surface area contributed by atoms with E-state index in [-0.39, 0.29) is 6.54 Å². The molecule has 6 N–H and O–H groups in total. The van der Waals surface area contributed by atoms with E-state index in [9.17, 15) is 9.59 Å². The molecule has 0 radical (unpaired) electrons. The minimum atomic E-state index is -0.752. The quantitative estimate of drug-likeness (QED) is 0.281. The second kappa shape index (κ2) is 8.34. The van der Waals surface area contributed by atoms with Crippen LogP contribution in [0.4, 0.5) is 0 Å². The van der Waals surface area contributed by atoms with E-state index in [2.05, 4.69) is 4.74 Å². The smallest absolute Gasteiger partial charge is 0.330 e. The number of rotatable bonds is 7. The van der Waals surface area contributed by atoms with Gasteiger partial charge in [-0.1, -0.05) is 12.8 Å². The fraction of sp³-hybridized carbons (Fsp3) is 0.778. The largest absolute Gasteiger partial charge is 0.391 e. The molecule has 0 amide bonds. The van der Waals surface area contributed by atoms with Gasteiger partial charge < -0.3 is 21.9 Å². The molecule has 0 aromatic rings. The molecule has 6 heteroatoms. The topological polar surface area (TPSA) is 121 Å². The van der Waals surface area contributed by atoms with Crippen molar-refractivity contribution in [2.24, 2.45) is 17.2 Å². The van der Waals surface area contributed by atoms with Crippen LogP contribution in [0.1, 0.15) is 25.7 Å². The molecule has 15 heavy (non-hydrogen) atoms. The Morgan fingerprint density at radius 3 is 2.33 bits per heavy atom. The van der Waals surface area contributed by atoms with Crippen LogP contribution in [0.15, 0.2) is 0 Å². The van der Waals surface area contributed by atoms with Crippen LogP contribution in [0.2, 0.25) is 0 Å². The van der Waals surface area contributed by atoms with Crippen molar-refractivity contribution < 1.29 is 14.3 Å². The summed E-state index contributed by atoms with van der Waals surface area (Å²) in [5.41, 5.74) is 15.8. The molecule has 0 aromatic carbocycles. The van der Waals surface area contributed by atoms with Gasteiger partial charge in [-0.05, 0) is 19.4 Å². The van der Waals surface area contributed by atoms with Crippen LogP contribution in [0.3, 0.4) is 0 Å². The van der Waals surface area contributed by atoms with E-state index in [0.717, 1.165) is 19.3 Å². The second-order valence-corrected chi connectivity index (χ2v) is 3.24. The number of carbonyl (C=O) groups is 2. The summed E-state index contributed by atoms with van der Waals surface area (Å²) in [7, 11) is 0. The van der Waals surface area contributed by atoms with Crippen molar-refractivity contribution in [3.8, 4) is 0 Å². The maximum atomic E-state index is 11.1. The van der Waals surface area contributed by atoms with Gasteiger partial charge in [0, 0.05) is 0 Å². The lowest BCUT2D eigenvalue weighted by Crippen LogP contribution is -2.35. The Balaban J connectivity index is 3.64. The minimum absolute atomic E-state index is 0.314. The van der Waals surface area contributed by atoms with Crippen molar-refractivity contribution in [2.45, 2.75) is 31.7 Å². The van der Waals surface area contributed by atoms with Crippen molar-refractivity contribution in [3.05, 3.63) is 0 Å². The molecule has 0 aromatic heterocycles. The third-order valence-electron chi connectivity index (χ3n) is 1.90. The Labute approximate surface area is 89.1 Å². The molecule has 0 fully saturated rings. The Morgan fingerprint density at radius 2 is 1.80 bits per heavy atom. The molecule has 0 spiro atoms. The van der Waals surface area contributed by atoms with E-state index in [4.69, 9.17) is 17.2 Å². The van der Waals surface area contributed by atoms with Gasteiger partial charge >= 0.3 is 11.9 Å². The van der Waals surface area contributed by atoms with Crippen LogP contribution < -0.4 is 17.2 Å². The first-order chi connectivity index (χ1) is 7.11. The van der Waals surface area contributed by atoms with Crippen molar-refractivity contribution in [3.63, 3.8) is 0 Å². The highest BCUT2D eigenvalue weighted by Gasteiger charge is 2.17. The first kappa shape index (κ1) is 14.0. The summed E-state index contributed by atoms with van der Waals surface area (Å²) in [4.78, 5) is 21.8. The van der Waals surface area contributed by atoms with Crippen molar-refractivity contribution in [1.29, 1.82) is 0 Å². The van der Waals surface area contributed by atoms with Gasteiger partial charge in [0.05, 0.1) is 6.54 Å². The molecule has 0 saturated carbocycles. The third kappa shape index (κ3) is 7.01. The van der Waals surface area contributed by atoms with Gasteiger partial charge in [0.25, 0.3) is 0 Å². The Morgan fingerprint density at radius 1 is 1.13 bits per heavy atom. The minimum Gasteiger partial charge on any atom is -0.391 e. The van der Waals surface area contributed by atoms with Crippen LogP contribution in [0.25, 0.3) is 0 Å². The maximum Gasteiger partial charge on any atom is 0.330 e. The highest BCUT2D eigenvalue weighted by atomic mass is 16.6. The lowest BCUT2D eigenvalue weighted by Gasteiger charge is -2.09. The summed E-state index contributed by atoms with van der Waals surface area (Å²) in [5, 5.41) is 0. The predicted molar refractivity (Wildman–Crippen MR) is 55.7 cm³/mol. The molecule has 0 rings (SSSR count). The summed E-state index contributed by atoms with van der Waals surface area (Å²) in [6.45, 7) is 0.316. The summed E-state index contributed by atoms with van der Waals surface area (Å²) in [6, 6.07) is -0.752. The molecular weight excluding hydrogens is 198 g/mol. The van der Waals surface area contributed by atoms with Crippen LogP contribution in [-0.2, 0) is 14.3 Å². The van der Waals surface area contributed by atoms with Gasteiger partial charge in [0.2, 0.25) is 0 Å². The normalized spacial score (nSPS) is 12.2. The first-order valence-electron chi connectivity index (χ1n) is 5.02. The lowest BCUT2D eigenvalue weighted by molar-refractivity contribution is -0.159. The van der Waals surface area contributed by atoms with Crippen LogP contribution >= 0.6 is 0 Å². The van der Waals surface area contributed by atoms with Gasteiger partial charge in [-0.15, -0.1) is 0 Å². The Hall–Kier alpha value is -0.980. The van der Waals surface area contributed by atoms with E-state index < -0.39 is 18.0 Å². The summed E-state index contributed by atoms with van der Waals surface area (Å²) >= 11 is 0. The zero-order valence-corrected chi connectivity index (χ0v) is 8.78. The second-order valence-electron chi connectivity index (χ2n) is 3.24. The van der Waals surface area contributed by atoms with Crippen molar-refractivity contribution in [1.82, 2.24) is 0 Å². The first-order valence-corrected chi connectivity index (χ1v) is 5.02. The number of unbranched alkanes of at least 4 members (excludes halogenated alkanes) is 2. The van der Waals surface area contributed by atoms with Crippen molar-refractivity contribution in [2.75, 3.05) is 13.1 Å². The number of ether oxygens (including phenoxy) is 1. The third-order valence-corrected chi connectivity index (χ3v) is 1.90. The van der Waals surface area contributed by atoms with E-state index in [0.29, 0.717) is 13.0 Å². The number of nitrogens with two attached hydrogens (primary N) is 3. The number of esters is 2. The molecule has 0 aliphatic carbocycles. The molecule has 1 atom stereocenters. The molecule has 0 bridgehead atoms. The fourth-order valence-electron chi connectivity index (χ4n) is 1.03. The van der Waals surface area contributed by atoms with Crippen LogP contribution in [0, 0.1) is 0 Å². The Bertz CT molecular complexity index is 209. The molecule has 0 heterocycles. The molecule has 0 saturated heterocycles. The summed E-state index contributed by atoms with van der Waals surface area (Å²) < 4.78 is 4.37. The zero-order chi connectivity index (χ0) is 11.7. The van der Waals surface area contributed by atoms with E-state index >= 15 is 0 Å². The Kier molecular flexibility index (Phi) is 7.79. The van der Waals surface area contributed by atoms with E-state index in [1.165, 1.54) is 0 Å². The number of hydrogen-bond acceptors (Lipinski definition) is 6. The molecular formula is C9H19N3O3. The van der Waals surface area contributed by atoms with E-state index in [1.807, 2.05) is 0 Å². The summed E-state index contributed by atoms with van der Waals surface area (Å²) in [5.74, 6) is -1.46. The average Bonchev–Trinajstić information content (AvgIpc) is 2.23. The monoisotopic (exact) mass is 217 g/mol. The average molecular weight is 217 g/mol. The van der Waals surface area contributed by atoms with Crippen LogP contribution in [0.5, 0.6) is 0 Å². The highest BCUT2D eigenvalue weighted by Crippen LogP contribution is 2.02. The SMILES string of the molecule is NCCCCCC(N)C(=O)OC(=O)CN. The maximum absolute atomic E-state index is 11.1. The fourth-order valence-corrected chi connectivity index (χ4v) is 1.03. The van der Waals surface area contributed by atoms with Gasteiger partial charge in [-0.3, -0.25) is 4.79 Å². The summed E-state index contributed by atoms with van der Waals surface area (Å²) in [6.07, 6.45) is 3.12. The zero-order valence-electron chi connectivity index (χ0n) is 8.78. The molecule has 88 valence electrons. The molecule has 1 unspecified atom stereocenters. The van der Waals surface area contributed by atoms with Gasteiger partial charge in [-0.25, -0.2) is 4.79 Å². The number of hydrogen-bond donors (Lipinski definition) is 3. The molecule has 6 nitrogen and oxygen atoms in total. The molecule has 0 aliphatic heterocycles. The molecule has 0 aliphatic rings. The lowest BCUT2D eigenvalue weighted by atomic mass is 10.1. The van der Waals surface area contributed by atoms with Crippen LogP contribution in [-0.4, -0.2) is 31.1 Å². The van der Waals surface area contributed by atoms with E-state index in [1.54, 1.807) is 0 Å². The highest BCUT2D eigenvalue weighted by molar-refractivity contribution is 5.88. The van der Waals surface area contributed by atoms with Gasteiger partial charge in [0.15, 0.2) is 0 Å². The number of carbonyl (C=O) groups excluding carboxylic acids is 2. The van der Waals surface area contributed by atoms with Crippen molar-refractivity contribution >= 4 is 11.9 Å². The van der Waals surface area contributed by atoms with Gasteiger partial charge in [0.1, 0.15) is 6.04 Å². The predicted octanol–water partition coefficient (Wildman–Crippen LogP) is -1.14.